The zero-order valence-corrected chi connectivity index (χ0v) is 8.03. The number of benzene rings is 1. The van der Waals surface area contributed by atoms with Crippen molar-refractivity contribution < 1.29 is 0 Å². The maximum Gasteiger partial charge on any atom is 0.0183 e. The van der Waals surface area contributed by atoms with Gasteiger partial charge in [0, 0.05) is 17.1 Å². The third kappa shape index (κ3) is 3.50. The van der Waals surface area contributed by atoms with Crippen LogP contribution in [-0.4, -0.2) is 5.75 Å². The van der Waals surface area contributed by atoms with Crippen LogP contribution in [0.3, 0.4) is 0 Å². The minimum absolute atomic E-state index is 0.982. The molecule has 0 nitrogen and oxygen atoms in total. The van der Waals surface area contributed by atoms with Crippen LogP contribution in [0.15, 0.2) is 35.2 Å². The molecule has 62 valence electrons. The molecule has 1 aromatic rings. The molecule has 0 bridgehead atoms. The van der Waals surface area contributed by atoms with Crippen molar-refractivity contribution in [2.75, 3.05) is 5.75 Å². The number of rotatable bonds is 3. The van der Waals surface area contributed by atoms with Crippen molar-refractivity contribution in [3.8, 4) is 11.8 Å². The van der Waals surface area contributed by atoms with Gasteiger partial charge >= 0.3 is 0 Å². The van der Waals surface area contributed by atoms with Gasteiger partial charge in [0.05, 0.1) is 0 Å². The van der Waals surface area contributed by atoms with Crippen LogP contribution in [0.4, 0.5) is 0 Å². The van der Waals surface area contributed by atoms with Gasteiger partial charge in [0.2, 0.25) is 0 Å². The van der Waals surface area contributed by atoms with Gasteiger partial charge in [-0.1, -0.05) is 18.2 Å². The average molecular weight is 176 g/mol. The minimum atomic E-state index is 0.982. The molecule has 12 heavy (non-hydrogen) atoms. The summed E-state index contributed by atoms with van der Waals surface area (Å²) in [6, 6.07) is 10.4. The van der Waals surface area contributed by atoms with Gasteiger partial charge < -0.3 is 0 Å². The Morgan fingerprint density at radius 2 is 2.00 bits per heavy atom. The molecular formula is C11H12S. The minimum Gasteiger partial charge on any atom is -0.125 e. The Morgan fingerprint density at radius 1 is 1.25 bits per heavy atom. The van der Waals surface area contributed by atoms with E-state index >= 15 is 0 Å². The fourth-order valence-corrected chi connectivity index (χ4v) is 1.65. The molecule has 0 N–H and O–H groups in total. The van der Waals surface area contributed by atoms with Gasteiger partial charge in [0.1, 0.15) is 0 Å². The molecule has 1 rings (SSSR count). The zero-order chi connectivity index (χ0) is 8.65. The Bertz CT molecular complexity index is 266. The summed E-state index contributed by atoms with van der Waals surface area (Å²) < 4.78 is 0. The SMILES string of the molecule is CC#CCCSc1ccccc1. The first-order chi connectivity index (χ1) is 5.93. The molecule has 0 saturated carbocycles. The van der Waals surface area contributed by atoms with Crippen LogP contribution >= 0.6 is 11.8 Å². The lowest BCUT2D eigenvalue weighted by Gasteiger charge is -1.96. The van der Waals surface area contributed by atoms with Crippen LogP contribution in [0.2, 0.25) is 0 Å². The summed E-state index contributed by atoms with van der Waals surface area (Å²) in [7, 11) is 0. The third-order valence-corrected chi connectivity index (χ3v) is 2.43. The van der Waals surface area contributed by atoms with Crippen molar-refractivity contribution in [3.63, 3.8) is 0 Å². The molecule has 0 spiro atoms. The van der Waals surface area contributed by atoms with Crippen LogP contribution in [0.25, 0.3) is 0 Å². The predicted molar refractivity (Wildman–Crippen MR) is 55.2 cm³/mol. The highest BCUT2D eigenvalue weighted by atomic mass is 32.2. The summed E-state index contributed by atoms with van der Waals surface area (Å²) in [5.41, 5.74) is 0. The largest absolute Gasteiger partial charge is 0.125 e. The van der Waals surface area contributed by atoms with Gasteiger partial charge in [0.15, 0.2) is 0 Å². The Kier molecular flexibility index (Phi) is 4.41. The van der Waals surface area contributed by atoms with E-state index in [-0.39, 0.29) is 0 Å². The molecule has 0 amide bonds. The molecule has 0 aliphatic heterocycles. The lowest BCUT2D eigenvalue weighted by atomic mass is 10.4. The van der Waals surface area contributed by atoms with Crippen molar-refractivity contribution in [3.05, 3.63) is 30.3 Å². The fourth-order valence-electron chi connectivity index (χ4n) is 0.862. The van der Waals surface area contributed by atoms with Crippen LogP contribution in [-0.2, 0) is 0 Å². The summed E-state index contributed by atoms with van der Waals surface area (Å²) in [5.74, 6) is 7.03. The Hall–Kier alpha value is -0.870. The first-order valence-corrected chi connectivity index (χ1v) is 4.99. The van der Waals surface area contributed by atoms with Crippen LogP contribution in [0.5, 0.6) is 0 Å². The summed E-state index contributed by atoms with van der Waals surface area (Å²) in [4.78, 5) is 1.33. The smallest absolute Gasteiger partial charge is 0.0183 e. The van der Waals surface area contributed by atoms with Gasteiger partial charge in [-0.3, -0.25) is 0 Å². The summed E-state index contributed by atoms with van der Waals surface area (Å²) in [6.45, 7) is 1.88. The van der Waals surface area contributed by atoms with Gasteiger partial charge in [-0.05, 0) is 19.1 Å². The van der Waals surface area contributed by atoms with E-state index in [9.17, 15) is 0 Å². The molecular weight excluding hydrogens is 164 g/mol. The molecule has 0 heterocycles. The van der Waals surface area contributed by atoms with Crippen molar-refractivity contribution >= 4 is 11.8 Å². The highest BCUT2D eigenvalue weighted by Crippen LogP contribution is 2.17. The van der Waals surface area contributed by atoms with Crippen molar-refractivity contribution in [1.29, 1.82) is 0 Å². The second-order valence-electron chi connectivity index (χ2n) is 2.34. The molecule has 0 saturated heterocycles. The normalized spacial score (nSPS) is 8.75. The maximum absolute atomic E-state index is 3.05. The molecule has 0 fully saturated rings. The molecule has 0 atom stereocenters. The second kappa shape index (κ2) is 5.74. The van der Waals surface area contributed by atoms with E-state index < -0.39 is 0 Å². The molecule has 1 aromatic carbocycles. The van der Waals surface area contributed by atoms with E-state index in [1.54, 1.807) is 0 Å². The second-order valence-corrected chi connectivity index (χ2v) is 3.51. The number of hydrogen-bond acceptors (Lipinski definition) is 1. The van der Waals surface area contributed by atoms with E-state index in [0.717, 1.165) is 12.2 Å². The van der Waals surface area contributed by atoms with Gasteiger partial charge in [-0.2, -0.15) is 0 Å². The molecule has 0 radical (unpaired) electrons. The Balaban J connectivity index is 2.27. The first kappa shape index (κ1) is 9.22. The topological polar surface area (TPSA) is 0 Å². The van der Waals surface area contributed by atoms with Crippen molar-refractivity contribution in [2.24, 2.45) is 0 Å². The third-order valence-electron chi connectivity index (χ3n) is 1.42. The first-order valence-electron chi connectivity index (χ1n) is 4.01. The molecule has 0 aliphatic carbocycles. The Morgan fingerprint density at radius 3 is 2.67 bits per heavy atom. The summed E-state index contributed by atoms with van der Waals surface area (Å²) in [6.07, 6.45) is 0.982. The quantitative estimate of drug-likeness (QED) is 0.387. The molecule has 0 unspecified atom stereocenters. The highest BCUT2D eigenvalue weighted by molar-refractivity contribution is 7.99. The summed E-state index contributed by atoms with van der Waals surface area (Å²) in [5, 5.41) is 0. The standard InChI is InChI=1S/C11H12S/c1-2-3-7-10-12-11-8-5-4-6-9-11/h4-6,8-9H,7,10H2,1H3. The van der Waals surface area contributed by atoms with E-state index in [1.165, 1.54) is 4.90 Å². The van der Waals surface area contributed by atoms with Crippen LogP contribution < -0.4 is 0 Å². The molecule has 1 heteroatoms. The van der Waals surface area contributed by atoms with Crippen molar-refractivity contribution in [2.45, 2.75) is 18.2 Å². The van der Waals surface area contributed by atoms with Crippen LogP contribution in [0, 0.1) is 11.8 Å². The van der Waals surface area contributed by atoms with E-state index in [0.29, 0.717) is 0 Å². The van der Waals surface area contributed by atoms with Gasteiger partial charge in [-0.15, -0.1) is 23.6 Å². The lowest BCUT2D eigenvalue weighted by molar-refractivity contribution is 1.29. The van der Waals surface area contributed by atoms with E-state index in [4.69, 9.17) is 0 Å². The fraction of sp³-hybridized carbons (Fsp3) is 0.273. The van der Waals surface area contributed by atoms with Gasteiger partial charge in [-0.25, -0.2) is 0 Å². The summed E-state index contributed by atoms with van der Waals surface area (Å²) >= 11 is 1.86. The molecule has 0 aromatic heterocycles. The lowest BCUT2D eigenvalue weighted by Crippen LogP contribution is -1.75. The Labute approximate surface area is 78.4 Å². The van der Waals surface area contributed by atoms with Crippen LogP contribution in [0.1, 0.15) is 13.3 Å². The molecule has 0 aliphatic rings. The number of thioether (sulfide) groups is 1. The predicted octanol–water partition coefficient (Wildman–Crippen LogP) is 3.19. The van der Waals surface area contributed by atoms with Crippen molar-refractivity contribution in [1.82, 2.24) is 0 Å². The monoisotopic (exact) mass is 176 g/mol. The highest BCUT2D eigenvalue weighted by Gasteiger charge is 1.89. The van der Waals surface area contributed by atoms with Gasteiger partial charge in [0.25, 0.3) is 0 Å². The zero-order valence-electron chi connectivity index (χ0n) is 7.21. The average Bonchev–Trinajstić information content (AvgIpc) is 2.14. The van der Waals surface area contributed by atoms with E-state index in [1.807, 2.05) is 24.8 Å². The van der Waals surface area contributed by atoms with E-state index in [2.05, 4.69) is 36.1 Å². The maximum atomic E-state index is 3.05. The number of hydrogen-bond donors (Lipinski definition) is 0.